The second kappa shape index (κ2) is 8.40. The van der Waals surface area contributed by atoms with Gasteiger partial charge in [0.1, 0.15) is 12.2 Å². The van der Waals surface area contributed by atoms with E-state index in [0.29, 0.717) is 11.1 Å². The third-order valence-corrected chi connectivity index (χ3v) is 6.37. The average Bonchev–Trinajstić information content (AvgIpc) is 3.04. The summed E-state index contributed by atoms with van der Waals surface area (Å²) in [6.07, 6.45) is 4.41. The lowest BCUT2D eigenvalue weighted by molar-refractivity contribution is -0.0901. The zero-order chi connectivity index (χ0) is 20.4. The first-order valence-corrected chi connectivity index (χ1v) is 10.6. The first kappa shape index (κ1) is 19.7. The molecule has 152 valence electrons. The standard InChI is InChI=1S/C25H28O4/c1-16-6-10-20(11-7-16)24(26)28-22-18-4-3-5-19(15-14-18)23(22)29-25(27)21-12-8-17(2)9-13-21/h6-13,18-19,22-23H,3-5,14-15H2,1-2H3. The highest BCUT2D eigenvalue weighted by atomic mass is 16.6. The summed E-state index contributed by atoms with van der Waals surface area (Å²) < 4.78 is 12.0. The van der Waals surface area contributed by atoms with Crippen molar-refractivity contribution in [3.05, 3.63) is 70.8 Å². The minimum absolute atomic E-state index is 0.249. The molecule has 0 aliphatic heterocycles. The summed E-state index contributed by atoms with van der Waals surface area (Å²) >= 11 is 0. The molecule has 0 aromatic heterocycles. The van der Waals surface area contributed by atoms with Crippen molar-refractivity contribution in [2.45, 2.75) is 58.2 Å². The predicted molar refractivity (Wildman–Crippen MR) is 111 cm³/mol. The Balaban J connectivity index is 1.54. The molecule has 29 heavy (non-hydrogen) atoms. The number of esters is 2. The molecule has 2 bridgehead atoms. The summed E-state index contributed by atoms with van der Waals surface area (Å²) in [5.74, 6) is -0.171. The van der Waals surface area contributed by atoms with Crippen LogP contribution in [0.3, 0.4) is 0 Å². The minimum Gasteiger partial charge on any atom is -0.455 e. The van der Waals surface area contributed by atoms with Gasteiger partial charge in [-0.2, -0.15) is 0 Å². The molecule has 3 aliphatic rings. The number of aryl methyl sites for hydroxylation is 2. The van der Waals surface area contributed by atoms with Crippen LogP contribution >= 0.6 is 0 Å². The molecular weight excluding hydrogens is 364 g/mol. The number of hydrogen-bond donors (Lipinski definition) is 0. The second-order valence-electron chi connectivity index (χ2n) is 8.50. The van der Waals surface area contributed by atoms with Crippen LogP contribution in [-0.4, -0.2) is 24.1 Å². The van der Waals surface area contributed by atoms with Crippen LogP contribution in [0.5, 0.6) is 0 Å². The molecule has 4 heteroatoms. The Bertz CT molecular complexity index is 791. The maximum Gasteiger partial charge on any atom is 0.338 e. The SMILES string of the molecule is Cc1ccc(C(=O)OC2C3CCCC(CC3)C2OC(=O)c2ccc(C)cc2)cc1. The van der Waals surface area contributed by atoms with E-state index < -0.39 is 0 Å². The van der Waals surface area contributed by atoms with Crippen LogP contribution < -0.4 is 0 Å². The van der Waals surface area contributed by atoms with Crippen molar-refractivity contribution >= 4 is 11.9 Å². The Hall–Kier alpha value is -2.62. The molecule has 4 atom stereocenters. The van der Waals surface area contributed by atoms with E-state index in [9.17, 15) is 9.59 Å². The quantitative estimate of drug-likeness (QED) is 0.666. The number of hydrogen-bond acceptors (Lipinski definition) is 4. The fourth-order valence-corrected chi connectivity index (χ4v) is 4.64. The van der Waals surface area contributed by atoms with Crippen LogP contribution in [0.25, 0.3) is 0 Å². The van der Waals surface area contributed by atoms with E-state index in [0.717, 1.165) is 43.2 Å². The molecule has 0 spiro atoms. The summed E-state index contributed by atoms with van der Waals surface area (Å²) in [6, 6.07) is 14.8. The molecule has 2 aromatic rings. The van der Waals surface area contributed by atoms with Crippen molar-refractivity contribution in [1.29, 1.82) is 0 Å². The molecule has 0 saturated heterocycles. The van der Waals surface area contributed by atoms with Crippen LogP contribution in [0.2, 0.25) is 0 Å². The molecule has 3 saturated carbocycles. The lowest BCUT2D eigenvalue weighted by atomic mass is 9.79. The van der Waals surface area contributed by atoms with Gasteiger partial charge < -0.3 is 9.47 Å². The van der Waals surface area contributed by atoms with Crippen LogP contribution in [-0.2, 0) is 9.47 Å². The van der Waals surface area contributed by atoms with Crippen molar-refractivity contribution in [3.8, 4) is 0 Å². The maximum absolute atomic E-state index is 12.8. The Morgan fingerprint density at radius 1 is 0.655 bits per heavy atom. The molecule has 3 fully saturated rings. The van der Waals surface area contributed by atoms with Gasteiger partial charge in [0.15, 0.2) is 0 Å². The summed E-state index contributed by atoms with van der Waals surface area (Å²) in [7, 11) is 0. The van der Waals surface area contributed by atoms with Gasteiger partial charge in [-0.05, 0) is 75.6 Å². The van der Waals surface area contributed by atoms with Gasteiger partial charge in [0.2, 0.25) is 0 Å². The van der Waals surface area contributed by atoms with Gasteiger partial charge >= 0.3 is 11.9 Å². The van der Waals surface area contributed by atoms with Gasteiger partial charge in [0.25, 0.3) is 0 Å². The number of ether oxygens (including phenoxy) is 2. The van der Waals surface area contributed by atoms with Crippen molar-refractivity contribution in [1.82, 2.24) is 0 Å². The second-order valence-corrected chi connectivity index (χ2v) is 8.50. The smallest absolute Gasteiger partial charge is 0.338 e. The van der Waals surface area contributed by atoms with Crippen LogP contribution in [0.15, 0.2) is 48.5 Å². The average molecular weight is 392 g/mol. The van der Waals surface area contributed by atoms with E-state index in [-0.39, 0.29) is 36.0 Å². The highest BCUT2D eigenvalue weighted by Gasteiger charge is 2.46. The van der Waals surface area contributed by atoms with Crippen LogP contribution in [0.4, 0.5) is 0 Å². The van der Waals surface area contributed by atoms with Crippen LogP contribution in [0, 0.1) is 25.7 Å². The van der Waals surface area contributed by atoms with Crippen molar-refractivity contribution in [3.63, 3.8) is 0 Å². The molecule has 0 radical (unpaired) electrons. The van der Waals surface area contributed by atoms with E-state index in [1.54, 1.807) is 24.3 Å². The fourth-order valence-electron chi connectivity index (χ4n) is 4.64. The molecule has 0 N–H and O–H groups in total. The normalized spacial score (nSPS) is 25.9. The molecule has 4 unspecified atom stereocenters. The minimum atomic E-state index is -0.376. The number of carbonyl (C=O) groups is 2. The first-order valence-electron chi connectivity index (χ1n) is 10.6. The Labute approximate surface area is 172 Å². The molecule has 2 aromatic carbocycles. The van der Waals surface area contributed by atoms with Gasteiger partial charge in [0.05, 0.1) is 11.1 Å². The number of benzene rings is 2. The summed E-state index contributed by atoms with van der Waals surface area (Å²) in [5, 5.41) is 0. The molecular formula is C25H28O4. The molecule has 4 nitrogen and oxygen atoms in total. The number of carbonyl (C=O) groups excluding carboxylic acids is 2. The van der Waals surface area contributed by atoms with Gasteiger partial charge in [-0.1, -0.05) is 41.8 Å². The number of fused-ring (bicyclic) bond motifs is 4. The third kappa shape index (κ3) is 4.36. The van der Waals surface area contributed by atoms with Crippen molar-refractivity contribution in [2.24, 2.45) is 11.8 Å². The maximum atomic E-state index is 12.8. The van der Waals surface area contributed by atoms with Gasteiger partial charge in [-0.25, -0.2) is 9.59 Å². The lowest BCUT2D eigenvalue weighted by Crippen LogP contribution is -2.47. The van der Waals surface area contributed by atoms with E-state index in [4.69, 9.17) is 9.47 Å². The van der Waals surface area contributed by atoms with Gasteiger partial charge in [-0.3, -0.25) is 0 Å². The third-order valence-electron chi connectivity index (χ3n) is 6.37. The zero-order valence-electron chi connectivity index (χ0n) is 17.1. The summed E-state index contributed by atoms with van der Waals surface area (Å²) in [6.45, 7) is 3.97. The van der Waals surface area contributed by atoms with E-state index in [1.165, 1.54) is 0 Å². The van der Waals surface area contributed by atoms with Gasteiger partial charge in [0, 0.05) is 0 Å². The Morgan fingerprint density at radius 2 is 1.03 bits per heavy atom. The van der Waals surface area contributed by atoms with E-state index in [2.05, 4.69) is 0 Å². The number of rotatable bonds is 4. The van der Waals surface area contributed by atoms with Gasteiger partial charge in [-0.15, -0.1) is 0 Å². The van der Waals surface area contributed by atoms with Crippen LogP contribution in [0.1, 0.15) is 63.9 Å². The molecule has 5 rings (SSSR count). The lowest BCUT2D eigenvalue weighted by Gasteiger charge is -2.39. The van der Waals surface area contributed by atoms with Crippen molar-refractivity contribution < 1.29 is 19.1 Å². The van der Waals surface area contributed by atoms with E-state index in [1.807, 2.05) is 38.1 Å². The monoisotopic (exact) mass is 392 g/mol. The van der Waals surface area contributed by atoms with Crippen molar-refractivity contribution in [2.75, 3.05) is 0 Å². The summed E-state index contributed by atoms with van der Waals surface area (Å²) in [5.41, 5.74) is 3.28. The first-order chi connectivity index (χ1) is 14.0. The molecule has 3 aliphatic carbocycles. The highest BCUT2D eigenvalue weighted by molar-refractivity contribution is 5.90. The summed E-state index contributed by atoms with van der Waals surface area (Å²) in [4.78, 5) is 25.6. The topological polar surface area (TPSA) is 52.6 Å². The Morgan fingerprint density at radius 3 is 1.41 bits per heavy atom. The largest absolute Gasteiger partial charge is 0.455 e. The molecule has 0 amide bonds. The zero-order valence-corrected chi connectivity index (χ0v) is 17.1. The fraction of sp³-hybridized carbons (Fsp3) is 0.440. The highest BCUT2D eigenvalue weighted by Crippen LogP contribution is 2.43. The van der Waals surface area contributed by atoms with E-state index >= 15 is 0 Å². The molecule has 0 heterocycles. The predicted octanol–water partition coefficient (Wildman–Crippen LogP) is 5.26. The Kier molecular flexibility index (Phi) is 5.70.